The lowest BCUT2D eigenvalue weighted by atomic mass is 10.1. The van der Waals surface area contributed by atoms with Gasteiger partial charge in [0.2, 0.25) is 0 Å². The van der Waals surface area contributed by atoms with E-state index in [1.54, 1.807) is 0 Å². The van der Waals surface area contributed by atoms with Gasteiger partial charge in [-0.25, -0.2) is 0 Å². The second-order valence-electron chi connectivity index (χ2n) is 4.68. The molecule has 0 aliphatic heterocycles. The summed E-state index contributed by atoms with van der Waals surface area (Å²) >= 11 is 0. The Morgan fingerprint density at radius 2 is 1.67 bits per heavy atom. The third-order valence-electron chi connectivity index (χ3n) is 2.95. The predicted octanol–water partition coefficient (Wildman–Crippen LogP) is 4.26. The van der Waals surface area contributed by atoms with Crippen LogP contribution in [0.3, 0.4) is 0 Å². The first-order chi connectivity index (χ1) is 8.76. The topological polar surface area (TPSA) is 26.3 Å². The molecule has 0 N–H and O–H groups in total. The Balaban J connectivity index is 2.27. The molecule has 0 aliphatic carbocycles. The molecular formula is C16H24O2. The number of unbranched alkanes of at least 4 members (excludes halogenated alkanes) is 2. The molecular weight excluding hydrogens is 224 g/mol. The minimum atomic E-state index is -0.0823. The van der Waals surface area contributed by atoms with Crippen molar-refractivity contribution in [3.05, 3.63) is 35.4 Å². The minimum Gasteiger partial charge on any atom is -0.461 e. The van der Waals surface area contributed by atoms with Crippen LogP contribution in [0.15, 0.2) is 24.3 Å². The minimum absolute atomic E-state index is 0.0823. The van der Waals surface area contributed by atoms with E-state index in [4.69, 9.17) is 4.74 Å². The summed E-state index contributed by atoms with van der Waals surface area (Å²) in [5.74, 6) is -0.0823. The summed E-state index contributed by atoms with van der Waals surface area (Å²) in [6.45, 7) is 4.70. The van der Waals surface area contributed by atoms with Gasteiger partial charge in [0, 0.05) is 6.42 Å². The smallest absolute Gasteiger partial charge is 0.306 e. The number of hydrogen-bond donors (Lipinski definition) is 0. The maximum atomic E-state index is 11.4. The summed E-state index contributed by atoms with van der Waals surface area (Å²) in [5, 5.41) is 0. The molecule has 0 spiro atoms. The lowest BCUT2D eigenvalue weighted by molar-refractivity contribution is -0.145. The zero-order valence-corrected chi connectivity index (χ0v) is 11.6. The van der Waals surface area contributed by atoms with Gasteiger partial charge in [-0.2, -0.15) is 0 Å². The fraction of sp³-hybridized carbons (Fsp3) is 0.562. The van der Waals surface area contributed by atoms with Gasteiger partial charge < -0.3 is 4.74 Å². The Morgan fingerprint density at radius 3 is 2.28 bits per heavy atom. The quantitative estimate of drug-likeness (QED) is 0.507. The maximum Gasteiger partial charge on any atom is 0.306 e. The maximum absolute atomic E-state index is 11.4. The highest BCUT2D eigenvalue weighted by atomic mass is 16.5. The molecule has 0 heterocycles. The summed E-state index contributed by atoms with van der Waals surface area (Å²) < 4.78 is 5.24. The van der Waals surface area contributed by atoms with Crippen LogP contribution in [0.2, 0.25) is 0 Å². The van der Waals surface area contributed by atoms with E-state index in [1.165, 1.54) is 5.56 Å². The lowest BCUT2D eigenvalue weighted by Gasteiger charge is -2.06. The van der Waals surface area contributed by atoms with E-state index < -0.39 is 0 Å². The molecule has 2 nitrogen and oxygen atoms in total. The molecule has 0 bridgehead atoms. The van der Waals surface area contributed by atoms with Gasteiger partial charge in [0.25, 0.3) is 0 Å². The van der Waals surface area contributed by atoms with Crippen LogP contribution in [0, 0.1) is 0 Å². The Morgan fingerprint density at radius 1 is 1.00 bits per heavy atom. The molecule has 0 atom stereocenters. The van der Waals surface area contributed by atoms with Crippen molar-refractivity contribution in [2.24, 2.45) is 0 Å². The van der Waals surface area contributed by atoms with E-state index in [-0.39, 0.29) is 5.97 Å². The molecule has 0 amide bonds. The number of rotatable bonds is 8. The summed E-state index contributed by atoms with van der Waals surface area (Å²) in [6.07, 6.45) is 5.97. The Labute approximate surface area is 110 Å². The van der Waals surface area contributed by atoms with Gasteiger partial charge in [0.15, 0.2) is 0 Å². The number of carbonyl (C=O) groups is 1. The lowest BCUT2D eigenvalue weighted by Crippen LogP contribution is -2.04. The molecule has 0 saturated heterocycles. The summed E-state index contributed by atoms with van der Waals surface area (Å²) in [6, 6.07) is 8.32. The monoisotopic (exact) mass is 248 g/mol. The van der Waals surface area contributed by atoms with Crippen LogP contribution in [0.1, 0.15) is 57.1 Å². The Bertz CT molecular complexity index is 341. The molecule has 18 heavy (non-hydrogen) atoms. The van der Waals surface area contributed by atoms with Crippen LogP contribution < -0.4 is 0 Å². The molecule has 1 rings (SSSR count). The van der Waals surface area contributed by atoms with Crippen molar-refractivity contribution in [3.8, 4) is 0 Å². The summed E-state index contributed by atoms with van der Waals surface area (Å²) in [4.78, 5) is 11.4. The van der Waals surface area contributed by atoms with Gasteiger partial charge in [-0.1, -0.05) is 57.4 Å². The third kappa shape index (κ3) is 5.85. The fourth-order valence-electron chi connectivity index (χ4n) is 1.85. The van der Waals surface area contributed by atoms with Gasteiger partial charge in [-0.05, 0) is 24.0 Å². The largest absolute Gasteiger partial charge is 0.461 e. The van der Waals surface area contributed by atoms with Crippen molar-refractivity contribution < 1.29 is 9.53 Å². The number of aryl methyl sites for hydroxylation is 1. The van der Waals surface area contributed by atoms with Crippen molar-refractivity contribution in [1.82, 2.24) is 0 Å². The number of hydrogen-bond acceptors (Lipinski definition) is 2. The number of ether oxygens (including phenoxy) is 1. The fourth-order valence-corrected chi connectivity index (χ4v) is 1.85. The molecule has 100 valence electrons. The predicted molar refractivity (Wildman–Crippen MR) is 74.4 cm³/mol. The number of benzene rings is 1. The molecule has 1 aromatic carbocycles. The number of esters is 1. The molecule has 0 aliphatic rings. The molecule has 2 heteroatoms. The van der Waals surface area contributed by atoms with Gasteiger partial charge in [-0.3, -0.25) is 4.79 Å². The van der Waals surface area contributed by atoms with Crippen LogP contribution in [-0.4, -0.2) is 5.97 Å². The second-order valence-corrected chi connectivity index (χ2v) is 4.68. The molecule has 1 aromatic rings. The van der Waals surface area contributed by atoms with Crippen LogP contribution in [0.5, 0.6) is 0 Å². The van der Waals surface area contributed by atoms with E-state index in [2.05, 4.69) is 26.0 Å². The first-order valence-electron chi connectivity index (χ1n) is 6.99. The van der Waals surface area contributed by atoms with Crippen molar-refractivity contribution in [2.75, 3.05) is 0 Å². The van der Waals surface area contributed by atoms with E-state index in [1.807, 2.05) is 12.1 Å². The highest BCUT2D eigenvalue weighted by molar-refractivity contribution is 5.69. The standard InChI is InChI=1S/C16H24O2/c1-3-5-6-8-16(17)18-13-15-11-9-14(7-4-2)10-12-15/h9-12H,3-8,13H2,1-2H3. The molecule has 0 unspecified atom stereocenters. The van der Waals surface area contributed by atoms with Gasteiger partial charge in [0.05, 0.1) is 0 Å². The van der Waals surface area contributed by atoms with Gasteiger partial charge in [0.1, 0.15) is 6.61 Å². The third-order valence-corrected chi connectivity index (χ3v) is 2.95. The van der Waals surface area contributed by atoms with E-state index in [0.29, 0.717) is 13.0 Å². The second kappa shape index (κ2) is 8.73. The summed E-state index contributed by atoms with van der Waals surface area (Å²) in [5.41, 5.74) is 2.41. The normalized spacial score (nSPS) is 10.3. The van der Waals surface area contributed by atoms with Crippen LogP contribution in [-0.2, 0) is 22.6 Å². The van der Waals surface area contributed by atoms with Gasteiger partial charge in [-0.15, -0.1) is 0 Å². The zero-order valence-electron chi connectivity index (χ0n) is 11.6. The Kier molecular flexibility index (Phi) is 7.16. The molecule has 0 fully saturated rings. The van der Waals surface area contributed by atoms with Crippen LogP contribution in [0.25, 0.3) is 0 Å². The van der Waals surface area contributed by atoms with Gasteiger partial charge >= 0.3 is 5.97 Å². The van der Waals surface area contributed by atoms with Crippen LogP contribution >= 0.6 is 0 Å². The summed E-state index contributed by atoms with van der Waals surface area (Å²) in [7, 11) is 0. The zero-order chi connectivity index (χ0) is 13.2. The van der Waals surface area contributed by atoms with Crippen molar-refractivity contribution in [2.45, 2.75) is 59.0 Å². The molecule has 0 saturated carbocycles. The van der Waals surface area contributed by atoms with E-state index >= 15 is 0 Å². The highest BCUT2D eigenvalue weighted by Gasteiger charge is 2.02. The molecule has 0 aromatic heterocycles. The van der Waals surface area contributed by atoms with Crippen LogP contribution in [0.4, 0.5) is 0 Å². The highest BCUT2D eigenvalue weighted by Crippen LogP contribution is 2.09. The van der Waals surface area contributed by atoms with Crippen molar-refractivity contribution >= 4 is 5.97 Å². The number of carbonyl (C=O) groups excluding carboxylic acids is 1. The Hall–Kier alpha value is -1.31. The molecule has 0 radical (unpaired) electrons. The van der Waals surface area contributed by atoms with Crippen molar-refractivity contribution in [1.29, 1.82) is 0 Å². The average Bonchev–Trinajstić information content (AvgIpc) is 2.39. The average molecular weight is 248 g/mol. The van der Waals surface area contributed by atoms with Crippen molar-refractivity contribution in [3.63, 3.8) is 0 Å². The SMILES string of the molecule is CCCCCC(=O)OCc1ccc(CCC)cc1. The van der Waals surface area contributed by atoms with E-state index in [0.717, 1.165) is 37.7 Å². The first kappa shape index (κ1) is 14.7. The first-order valence-corrected chi connectivity index (χ1v) is 6.99. The van der Waals surface area contributed by atoms with E-state index in [9.17, 15) is 4.79 Å².